The number of nitrogens with zero attached hydrogens (tertiary/aromatic N) is 1. The molecule has 0 radical (unpaired) electrons. The first kappa shape index (κ1) is 17.7. The van der Waals surface area contributed by atoms with Crippen LogP contribution in [0, 0.1) is 5.82 Å². The number of ether oxygens (including phenoxy) is 1. The van der Waals surface area contributed by atoms with Crippen LogP contribution in [0.4, 0.5) is 10.1 Å². The summed E-state index contributed by atoms with van der Waals surface area (Å²) in [6.45, 7) is 2.03. The summed E-state index contributed by atoms with van der Waals surface area (Å²) < 4.78 is 45.9. The Morgan fingerprint density at radius 1 is 1.04 bits per heavy atom. The van der Waals surface area contributed by atoms with Crippen LogP contribution in [0.2, 0.25) is 0 Å². The Labute approximate surface area is 147 Å². The molecular formula is C18H21FN2O3S. The van der Waals surface area contributed by atoms with Crippen LogP contribution in [0.15, 0.2) is 53.4 Å². The van der Waals surface area contributed by atoms with Crippen molar-refractivity contribution in [1.82, 2.24) is 4.90 Å². The zero-order valence-corrected chi connectivity index (χ0v) is 14.8. The van der Waals surface area contributed by atoms with Crippen molar-refractivity contribution in [2.75, 3.05) is 24.9 Å². The van der Waals surface area contributed by atoms with Crippen LogP contribution in [-0.4, -0.2) is 39.6 Å². The topological polar surface area (TPSA) is 58.6 Å². The van der Waals surface area contributed by atoms with Gasteiger partial charge < -0.3 is 9.64 Å². The Morgan fingerprint density at radius 2 is 1.64 bits per heavy atom. The summed E-state index contributed by atoms with van der Waals surface area (Å²) in [5.41, 5.74) is 0.431. The summed E-state index contributed by atoms with van der Waals surface area (Å²) in [6.07, 6.45) is 2.16. The number of halogens is 1. The number of likely N-dealkylation sites (tertiary alicyclic amines) is 1. The van der Waals surface area contributed by atoms with Crippen LogP contribution in [0.3, 0.4) is 0 Å². The Kier molecular flexibility index (Phi) is 5.24. The molecule has 1 aliphatic heterocycles. The van der Waals surface area contributed by atoms with Gasteiger partial charge in [0.1, 0.15) is 17.7 Å². The fourth-order valence-corrected chi connectivity index (χ4v) is 3.78. The van der Waals surface area contributed by atoms with Gasteiger partial charge in [-0.3, -0.25) is 4.72 Å². The molecule has 0 atom stereocenters. The highest BCUT2D eigenvalue weighted by Gasteiger charge is 2.18. The van der Waals surface area contributed by atoms with Gasteiger partial charge in [0, 0.05) is 18.8 Å². The van der Waals surface area contributed by atoms with Crippen LogP contribution in [-0.2, 0) is 10.0 Å². The summed E-state index contributed by atoms with van der Waals surface area (Å²) in [4.78, 5) is 2.29. The second-order valence-electron chi connectivity index (χ2n) is 6.20. The van der Waals surface area contributed by atoms with Crippen LogP contribution in [0.25, 0.3) is 0 Å². The number of piperidine rings is 1. The van der Waals surface area contributed by atoms with Crippen molar-refractivity contribution in [3.05, 3.63) is 54.3 Å². The van der Waals surface area contributed by atoms with Crippen LogP contribution in [0.5, 0.6) is 5.75 Å². The molecule has 134 valence electrons. The molecule has 1 fully saturated rings. The second kappa shape index (κ2) is 7.41. The number of benzene rings is 2. The highest BCUT2D eigenvalue weighted by atomic mass is 32.2. The van der Waals surface area contributed by atoms with Crippen molar-refractivity contribution in [1.29, 1.82) is 0 Å². The minimum Gasteiger partial charge on any atom is -0.490 e. The van der Waals surface area contributed by atoms with Gasteiger partial charge in [-0.15, -0.1) is 0 Å². The van der Waals surface area contributed by atoms with Crippen LogP contribution in [0.1, 0.15) is 12.8 Å². The fourth-order valence-electron chi connectivity index (χ4n) is 2.72. The molecule has 0 bridgehead atoms. The summed E-state index contributed by atoms with van der Waals surface area (Å²) in [5.74, 6) is 0.244. The minimum atomic E-state index is -3.74. The third-order valence-electron chi connectivity index (χ3n) is 4.20. The maximum atomic E-state index is 12.9. The molecule has 1 heterocycles. The monoisotopic (exact) mass is 364 g/mol. The molecular weight excluding hydrogens is 343 g/mol. The fraction of sp³-hybridized carbons (Fsp3) is 0.333. The van der Waals surface area contributed by atoms with E-state index in [-0.39, 0.29) is 11.0 Å². The molecule has 1 aliphatic rings. The SMILES string of the molecule is CN1CCC(Oc2ccc(NS(=O)(=O)c3ccc(F)cc3)cc2)CC1. The van der Waals surface area contributed by atoms with E-state index in [0.717, 1.165) is 43.8 Å². The first-order chi connectivity index (χ1) is 11.9. The molecule has 0 unspecified atom stereocenters. The molecule has 7 heteroatoms. The summed E-state index contributed by atoms with van der Waals surface area (Å²) in [7, 11) is -1.64. The van der Waals surface area contributed by atoms with Crippen molar-refractivity contribution in [2.45, 2.75) is 23.8 Å². The molecule has 3 rings (SSSR count). The van der Waals surface area contributed by atoms with Gasteiger partial charge in [-0.1, -0.05) is 0 Å². The number of hydrogen-bond acceptors (Lipinski definition) is 4. The quantitative estimate of drug-likeness (QED) is 0.886. The van der Waals surface area contributed by atoms with Gasteiger partial charge >= 0.3 is 0 Å². The molecule has 2 aromatic carbocycles. The lowest BCUT2D eigenvalue weighted by atomic mass is 10.1. The van der Waals surface area contributed by atoms with Gasteiger partial charge in [-0.05, 0) is 68.4 Å². The number of hydrogen-bond donors (Lipinski definition) is 1. The first-order valence-corrected chi connectivity index (χ1v) is 9.64. The van der Waals surface area contributed by atoms with E-state index in [1.165, 1.54) is 12.1 Å². The van der Waals surface area contributed by atoms with E-state index in [0.29, 0.717) is 5.69 Å². The van der Waals surface area contributed by atoms with E-state index in [1.807, 2.05) is 0 Å². The van der Waals surface area contributed by atoms with Gasteiger partial charge in [-0.25, -0.2) is 12.8 Å². The molecule has 0 spiro atoms. The van der Waals surface area contributed by atoms with E-state index in [9.17, 15) is 12.8 Å². The minimum absolute atomic E-state index is 0.0144. The Balaban J connectivity index is 1.63. The van der Waals surface area contributed by atoms with Gasteiger partial charge in [0.25, 0.3) is 10.0 Å². The zero-order valence-electron chi connectivity index (χ0n) is 14.0. The Hall–Kier alpha value is -2.12. The molecule has 2 aromatic rings. The predicted molar refractivity (Wildman–Crippen MR) is 94.8 cm³/mol. The third kappa shape index (κ3) is 4.70. The van der Waals surface area contributed by atoms with Crippen LogP contribution >= 0.6 is 0 Å². The van der Waals surface area contributed by atoms with Crippen molar-refractivity contribution < 1.29 is 17.5 Å². The normalized spacial score (nSPS) is 16.6. The van der Waals surface area contributed by atoms with Gasteiger partial charge in [0.2, 0.25) is 0 Å². The maximum Gasteiger partial charge on any atom is 0.261 e. The lowest BCUT2D eigenvalue weighted by Gasteiger charge is -2.29. The number of rotatable bonds is 5. The largest absolute Gasteiger partial charge is 0.490 e. The number of anilines is 1. The molecule has 0 aromatic heterocycles. The molecule has 1 saturated heterocycles. The lowest BCUT2D eigenvalue weighted by Crippen LogP contribution is -2.35. The molecule has 0 aliphatic carbocycles. The Bertz CT molecular complexity index is 799. The van der Waals surface area contributed by atoms with Crippen molar-refractivity contribution >= 4 is 15.7 Å². The van der Waals surface area contributed by atoms with Gasteiger partial charge in [0.05, 0.1) is 4.90 Å². The average Bonchev–Trinajstić information content (AvgIpc) is 2.59. The average molecular weight is 364 g/mol. The standard InChI is InChI=1S/C18H21FN2O3S/c1-21-12-10-17(11-13-21)24-16-6-4-15(5-7-16)20-25(22,23)18-8-2-14(19)3-9-18/h2-9,17,20H,10-13H2,1H3. The van der Waals surface area contributed by atoms with Crippen molar-refractivity contribution in [3.8, 4) is 5.75 Å². The smallest absolute Gasteiger partial charge is 0.261 e. The first-order valence-electron chi connectivity index (χ1n) is 8.16. The van der Waals surface area contributed by atoms with E-state index < -0.39 is 15.8 Å². The highest BCUT2D eigenvalue weighted by Crippen LogP contribution is 2.22. The van der Waals surface area contributed by atoms with E-state index >= 15 is 0 Å². The van der Waals surface area contributed by atoms with E-state index in [1.54, 1.807) is 24.3 Å². The zero-order chi connectivity index (χ0) is 17.9. The second-order valence-corrected chi connectivity index (χ2v) is 7.89. The van der Waals surface area contributed by atoms with E-state index in [2.05, 4.69) is 16.7 Å². The molecule has 0 saturated carbocycles. The summed E-state index contributed by atoms with van der Waals surface area (Å²) >= 11 is 0. The molecule has 0 amide bonds. The van der Waals surface area contributed by atoms with Crippen molar-refractivity contribution in [2.24, 2.45) is 0 Å². The number of sulfonamides is 1. The predicted octanol–water partition coefficient (Wildman–Crippen LogP) is 3.10. The van der Waals surface area contributed by atoms with E-state index in [4.69, 9.17) is 4.74 Å². The van der Waals surface area contributed by atoms with Gasteiger partial charge in [-0.2, -0.15) is 0 Å². The lowest BCUT2D eigenvalue weighted by molar-refractivity contribution is 0.114. The molecule has 5 nitrogen and oxygen atoms in total. The van der Waals surface area contributed by atoms with Gasteiger partial charge in [0.15, 0.2) is 0 Å². The summed E-state index contributed by atoms with van der Waals surface area (Å²) in [6, 6.07) is 11.5. The maximum absolute atomic E-state index is 12.9. The third-order valence-corrected chi connectivity index (χ3v) is 5.60. The summed E-state index contributed by atoms with van der Waals surface area (Å²) in [5, 5.41) is 0. The molecule has 25 heavy (non-hydrogen) atoms. The highest BCUT2D eigenvalue weighted by molar-refractivity contribution is 7.92. The van der Waals surface area contributed by atoms with Crippen molar-refractivity contribution in [3.63, 3.8) is 0 Å². The molecule has 1 N–H and O–H groups in total. The van der Waals surface area contributed by atoms with Crippen LogP contribution < -0.4 is 9.46 Å². The number of nitrogens with one attached hydrogen (secondary N) is 1. The Morgan fingerprint density at radius 3 is 2.24 bits per heavy atom.